The van der Waals surface area contributed by atoms with Gasteiger partial charge in [-0.15, -0.1) is 0 Å². The van der Waals surface area contributed by atoms with Crippen LogP contribution in [0.2, 0.25) is 0 Å². The number of rotatable bonds is 2. The summed E-state index contributed by atoms with van der Waals surface area (Å²) in [4.78, 5) is 22.6. The molecule has 0 atom stereocenters. The van der Waals surface area contributed by atoms with Crippen LogP contribution in [0.1, 0.15) is 16.2 Å². The van der Waals surface area contributed by atoms with Gasteiger partial charge < -0.3 is 14.8 Å². The summed E-state index contributed by atoms with van der Waals surface area (Å²) in [7, 11) is 1.80. The first kappa shape index (κ1) is 11.7. The van der Waals surface area contributed by atoms with Crippen LogP contribution in [0.25, 0.3) is 0 Å². The number of hydrogen-bond acceptors (Lipinski definition) is 4. The van der Waals surface area contributed by atoms with Crippen molar-refractivity contribution in [3.63, 3.8) is 0 Å². The zero-order valence-electron chi connectivity index (χ0n) is 10.7. The summed E-state index contributed by atoms with van der Waals surface area (Å²) in [6, 6.07) is 1.80. The SMILES string of the molecule is CNc1ccncc1C(=O)N1CCn2ccnc2C1. The average Bonchev–Trinajstić information content (AvgIpc) is 2.93. The molecule has 0 spiro atoms. The van der Waals surface area contributed by atoms with Crippen molar-refractivity contribution in [2.75, 3.05) is 18.9 Å². The lowest BCUT2D eigenvalue weighted by molar-refractivity contribution is 0.0708. The molecule has 3 heterocycles. The summed E-state index contributed by atoms with van der Waals surface area (Å²) in [5.74, 6) is 0.918. The molecular formula is C13H15N5O. The number of hydrogen-bond donors (Lipinski definition) is 1. The quantitative estimate of drug-likeness (QED) is 0.871. The number of carbonyl (C=O) groups is 1. The molecular weight excluding hydrogens is 242 g/mol. The number of imidazole rings is 1. The van der Waals surface area contributed by atoms with Crippen LogP contribution in [0.3, 0.4) is 0 Å². The molecule has 2 aromatic rings. The maximum absolute atomic E-state index is 12.5. The zero-order valence-corrected chi connectivity index (χ0v) is 10.7. The number of aromatic nitrogens is 3. The highest BCUT2D eigenvalue weighted by Crippen LogP contribution is 2.18. The van der Waals surface area contributed by atoms with Crippen LogP contribution < -0.4 is 5.32 Å². The van der Waals surface area contributed by atoms with Gasteiger partial charge in [0.2, 0.25) is 0 Å². The number of anilines is 1. The molecule has 0 aliphatic carbocycles. The molecule has 0 bridgehead atoms. The Labute approximate surface area is 111 Å². The van der Waals surface area contributed by atoms with Gasteiger partial charge in [0.15, 0.2) is 0 Å². The van der Waals surface area contributed by atoms with Crippen molar-refractivity contribution >= 4 is 11.6 Å². The molecule has 19 heavy (non-hydrogen) atoms. The van der Waals surface area contributed by atoms with Crippen LogP contribution >= 0.6 is 0 Å². The molecule has 1 N–H and O–H groups in total. The van der Waals surface area contributed by atoms with E-state index in [0.29, 0.717) is 18.7 Å². The Morgan fingerprint density at radius 2 is 2.26 bits per heavy atom. The van der Waals surface area contributed by atoms with E-state index in [-0.39, 0.29) is 5.91 Å². The Balaban J connectivity index is 1.85. The molecule has 0 radical (unpaired) electrons. The topological polar surface area (TPSA) is 63.1 Å². The van der Waals surface area contributed by atoms with E-state index in [1.165, 1.54) is 0 Å². The normalized spacial score (nSPS) is 14.1. The van der Waals surface area contributed by atoms with Gasteiger partial charge in [0.25, 0.3) is 5.91 Å². The summed E-state index contributed by atoms with van der Waals surface area (Å²) in [5.41, 5.74) is 1.40. The van der Waals surface area contributed by atoms with Crippen LogP contribution in [0.4, 0.5) is 5.69 Å². The van der Waals surface area contributed by atoms with Gasteiger partial charge in [-0.25, -0.2) is 4.98 Å². The lowest BCUT2D eigenvalue weighted by atomic mass is 10.2. The highest BCUT2D eigenvalue weighted by Gasteiger charge is 2.23. The van der Waals surface area contributed by atoms with Gasteiger partial charge in [-0.05, 0) is 6.07 Å². The van der Waals surface area contributed by atoms with Crippen LogP contribution in [-0.4, -0.2) is 38.9 Å². The van der Waals surface area contributed by atoms with Gasteiger partial charge >= 0.3 is 0 Å². The molecule has 1 aliphatic heterocycles. The maximum atomic E-state index is 12.5. The molecule has 0 saturated carbocycles. The first-order valence-corrected chi connectivity index (χ1v) is 6.20. The summed E-state index contributed by atoms with van der Waals surface area (Å²) < 4.78 is 2.08. The van der Waals surface area contributed by atoms with Gasteiger partial charge in [0.05, 0.1) is 12.1 Å². The predicted molar refractivity (Wildman–Crippen MR) is 70.8 cm³/mol. The fraction of sp³-hybridized carbons (Fsp3) is 0.308. The molecule has 1 amide bonds. The summed E-state index contributed by atoms with van der Waals surface area (Å²) in [6.07, 6.45) is 6.99. The van der Waals surface area contributed by atoms with Gasteiger partial charge in [0.1, 0.15) is 5.82 Å². The summed E-state index contributed by atoms with van der Waals surface area (Å²) in [6.45, 7) is 2.03. The minimum atomic E-state index is -0.00769. The molecule has 6 heteroatoms. The van der Waals surface area contributed by atoms with Crippen molar-refractivity contribution in [1.29, 1.82) is 0 Å². The lowest BCUT2D eigenvalue weighted by Gasteiger charge is -2.28. The van der Waals surface area contributed by atoms with Crippen molar-refractivity contribution in [2.24, 2.45) is 0 Å². The van der Waals surface area contributed by atoms with E-state index >= 15 is 0 Å². The van der Waals surface area contributed by atoms with E-state index in [4.69, 9.17) is 0 Å². The second kappa shape index (κ2) is 4.72. The van der Waals surface area contributed by atoms with Gasteiger partial charge in [-0.2, -0.15) is 0 Å². The van der Waals surface area contributed by atoms with Crippen molar-refractivity contribution in [3.8, 4) is 0 Å². The Hall–Kier alpha value is -2.37. The van der Waals surface area contributed by atoms with Crippen LogP contribution in [0.5, 0.6) is 0 Å². The third-order valence-corrected chi connectivity index (χ3v) is 3.35. The second-order valence-electron chi connectivity index (χ2n) is 4.43. The van der Waals surface area contributed by atoms with Gasteiger partial charge in [-0.1, -0.05) is 0 Å². The monoisotopic (exact) mass is 257 g/mol. The highest BCUT2D eigenvalue weighted by atomic mass is 16.2. The fourth-order valence-electron chi connectivity index (χ4n) is 2.30. The van der Waals surface area contributed by atoms with Crippen molar-refractivity contribution in [1.82, 2.24) is 19.4 Å². The first-order chi connectivity index (χ1) is 9.29. The summed E-state index contributed by atoms with van der Waals surface area (Å²) in [5, 5.41) is 3.02. The number of carbonyl (C=O) groups excluding carboxylic acids is 1. The Morgan fingerprint density at radius 3 is 3.11 bits per heavy atom. The molecule has 0 saturated heterocycles. The maximum Gasteiger partial charge on any atom is 0.257 e. The molecule has 0 fully saturated rings. The number of nitrogens with one attached hydrogen (secondary N) is 1. The van der Waals surface area contributed by atoms with Gasteiger partial charge in [0, 0.05) is 50.6 Å². The van der Waals surface area contributed by atoms with Crippen LogP contribution in [-0.2, 0) is 13.1 Å². The van der Waals surface area contributed by atoms with E-state index in [0.717, 1.165) is 18.1 Å². The highest BCUT2D eigenvalue weighted by molar-refractivity contribution is 5.99. The average molecular weight is 257 g/mol. The largest absolute Gasteiger partial charge is 0.387 e. The van der Waals surface area contributed by atoms with Crippen LogP contribution in [0.15, 0.2) is 30.9 Å². The zero-order chi connectivity index (χ0) is 13.2. The first-order valence-electron chi connectivity index (χ1n) is 6.20. The minimum absolute atomic E-state index is 0.00769. The third kappa shape index (κ3) is 2.05. The molecule has 98 valence electrons. The number of amides is 1. The van der Waals surface area contributed by atoms with Crippen molar-refractivity contribution in [3.05, 3.63) is 42.2 Å². The molecule has 0 unspecified atom stereocenters. The molecule has 3 rings (SSSR count). The van der Waals surface area contributed by atoms with E-state index in [9.17, 15) is 4.79 Å². The molecule has 1 aliphatic rings. The predicted octanol–water partition coefficient (Wildman–Crippen LogP) is 0.976. The Morgan fingerprint density at radius 1 is 1.37 bits per heavy atom. The smallest absolute Gasteiger partial charge is 0.257 e. The van der Waals surface area contributed by atoms with E-state index in [1.807, 2.05) is 6.20 Å². The van der Waals surface area contributed by atoms with E-state index in [1.54, 1.807) is 36.6 Å². The molecule has 6 nitrogen and oxygen atoms in total. The van der Waals surface area contributed by atoms with Gasteiger partial charge in [-0.3, -0.25) is 9.78 Å². The number of nitrogens with zero attached hydrogens (tertiary/aromatic N) is 4. The summed E-state index contributed by atoms with van der Waals surface area (Å²) >= 11 is 0. The molecule has 0 aromatic carbocycles. The minimum Gasteiger partial charge on any atom is -0.387 e. The number of fused-ring (bicyclic) bond motifs is 1. The standard InChI is InChI=1S/C13H15N5O/c1-14-11-2-3-15-8-10(11)13(19)18-7-6-17-5-4-16-12(17)9-18/h2-5,8H,6-7,9H2,1H3,(H,14,15). The second-order valence-corrected chi connectivity index (χ2v) is 4.43. The fourth-order valence-corrected chi connectivity index (χ4v) is 2.30. The Kier molecular flexibility index (Phi) is 2.91. The van der Waals surface area contributed by atoms with Crippen molar-refractivity contribution in [2.45, 2.75) is 13.1 Å². The molecule has 2 aromatic heterocycles. The Bertz CT molecular complexity index is 607. The lowest BCUT2D eigenvalue weighted by Crippen LogP contribution is -2.38. The van der Waals surface area contributed by atoms with E-state index in [2.05, 4.69) is 19.9 Å². The van der Waals surface area contributed by atoms with E-state index < -0.39 is 0 Å². The number of pyridine rings is 1. The van der Waals surface area contributed by atoms with Crippen LogP contribution in [0, 0.1) is 0 Å². The van der Waals surface area contributed by atoms with Crippen molar-refractivity contribution < 1.29 is 4.79 Å². The third-order valence-electron chi connectivity index (χ3n) is 3.35.